The molecule has 1 amide bonds. The summed E-state index contributed by atoms with van der Waals surface area (Å²) in [5.41, 5.74) is 8.36. The summed E-state index contributed by atoms with van der Waals surface area (Å²) >= 11 is 0. The number of carbonyl (C=O) groups excluding carboxylic acids is 1. The minimum atomic E-state index is 0.125. The molecule has 1 heterocycles. The fraction of sp³-hybridized carbons (Fsp3) is 0.462. The Hall–Kier alpha value is -1.35. The molecule has 0 radical (unpaired) electrons. The van der Waals surface area contributed by atoms with Crippen molar-refractivity contribution in [2.45, 2.75) is 19.3 Å². The smallest absolute Gasteiger partial charge is 0.220 e. The van der Waals surface area contributed by atoms with Crippen molar-refractivity contribution in [1.29, 1.82) is 0 Å². The van der Waals surface area contributed by atoms with Crippen LogP contribution in [0.1, 0.15) is 23.5 Å². The van der Waals surface area contributed by atoms with Crippen LogP contribution in [0, 0.1) is 12.8 Å². The highest BCUT2D eigenvalue weighted by molar-refractivity contribution is 5.77. The molecular weight excluding hydrogens is 200 g/mol. The minimum Gasteiger partial charge on any atom is -0.355 e. The zero-order chi connectivity index (χ0) is 11.5. The number of piperidine rings is 1. The van der Waals surface area contributed by atoms with Gasteiger partial charge in [-0.3, -0.25) is 4.79 Å². The van der Waals surface area contributed by atoms with Crippen molar-refractivity contribution in [3.63, 3.8) is 0 Å². The number of rotatable bonds is 2. The molecule has 2 unspecified atom stereocenters. The van der Waals surface area contributed by atoms with E-state index in [1.165, 1.54) is 11.1 Å². The van der Waals surface area contributed by atoms with Crippen molar-refractivity contribution < 1.29 is 4.79 Å². The predicted octanol–water partition coefficient (Wildman–Crippen LogP) is 1.17. The molecule has 0 aromatic heterocycles. The second-order valence-corrected chi connectivity index (χ2v) is 4.47. The maximum Gasteiger partial charge on any atom is 0.220 e. The van der Waals surface area contributed by atoms with Crippen LogP contribution in [0.15, 0.2) is 24.3 Å². The first-order valence-corrected chi connectivity index (χ1v) is 5.74. The topological polar surface area (TPSA) is 55.1 Å². The molecule has 1 aliphatic rings. The lowest BCUT2D eigenvalue weighted by Gasteiger charge is -2.32. The Morgan fingerprint density at radius 3 is 2.88 bits per heavy atom. The summed E-state index contributed by atoms with van der Waals surface area (Å²) in [7, 11) is 0. The molecule has 0 saturated carbocycles. The Labute approximate surface area is 96.0 Å². The van der Waals surface area contributed by atoms with E-state index in [9.17, 15) is 4.79 Å². The Morgan fingerprint density at radius 1 is 1.44 bits per heavy atom. The van der Waals surface area contributed by atoms with Crippen molar-refractivity contribution in [2.24, 2.45) is 11.7 Å². The summed E-state index contributed by atoms with van der Waals surface area (Å²) in [5.74, 6) is 0.763. The molecule has 0 bridgehead atoms. The Balaban J connectivity index is 2.26. The third-order valence-corrected chi connectivity index (χ3v) is 3.43. The van der Waals surface area contributed by atoms with Crippen LogP contribution >= 0.6 is 0 Å². The standard InChI is InChI=1S/C13H18N2O/c1-9-4-2-3-5-11(9)12-8-15-13(16)6-10(12)7-14/h2-5,10,12H,6-8,14H2,1H3,(H,15,16). The molecular formula is C13H18N2O. The van der Waals surface area contributed by atoms with Gasteiger partial charge in [0.1, 0.15) is 0 Å². The molecule has 3 N–H and O–H groups in total. The van der Waals surface area contributed by atoms with E-state index in [-0.39, 0.29) is 11.8 Å². The average molecular weight is 218 g/mol. The van der Waals surface area contributed by atoms with E-state index in [4.69, 9.17) is 5.73 Å². The number of benzene rings is 1. The number of nitrogens with one attached hydrogen (secondary N) is 1. The maximum absolute atomic E-state index is 11.3. The third kappa shape index (κ3) is 2.09. The fourth-order valence-corrected chi connectivity index (χ4v) is 2.46. The van der Waals surface area contributed by atoms with Crippen molar-refractivity contribution >= 4 is 5.91 Å². The molecule has 0 aliphatic carbocycles. The van der Waals surface area contributed by atoms with E-state index in [0.29, 0.717) is 25.4 Å². The molecule has 16 heavy (non-hydrogen) atoms. The van der Waals surface area contributed by atoms with Crippen LogP contribution in [-0.4, -0.2) is 19.0 Å². The van der Waals surface area contributed by atoms with E-state index in [0.717, 1.165) is 0 Å². The van der Waals surface area contributed by atoms with Gasteiger partial charge in [-0.15, -0.1) is 0 Å². The molecule has 3 nitrogen and oxygen atoms in total. The summed E-state index contributed by atoms with van der Waals surface area (Å²) in [5, 5.41) is 2.93. The highest BCUT2D eigenvalue weighted by Crippen LogP contribution is 2.30. The molecule has 1 aromatic rings. The van der Waals surface area contributed by atoms with Gasteiger partial charge in [0.25, 0.3) is 0 Å². The summed E-state index contributed by atoms with van der Waals surface area (Å²) < 4.78 is 0. The zero-order valence-corrected chi connectivity index (χ0v) is 9.57. The van der Waals surface area contributed by atoms with Gasteiger partial charge in [-0.05, 0) is 30.5 Å². The van der Waals surface area contributed by atoms with Gasteiger partial charge < -0.3 is 11.1 Å². The minimum absolute atomic E-state index is 0.125. The fourth-order valence-electron chi connectivity index (χ4n) is 2.46. The van der Waals surface area contributed by atoms with E-state index in [1.54, 1.807) is 0 Å². The molecule has 0 spiro atoms. The number of aryl methyl sites for hydroxylation is 1. The number of hydrogen-bond donors (Lipinski definition) is 2. The highest BCUT2D eigenvalue weighted by Gasteiger charge is 2.29. The second-order valence-electron chi connectivity index (χ2n) is 4.47. The SMILES string of the molecule is Cc1ccccc1C1CNC(=O)CC1CN. The average Bonchev–Trinajstić information content (AvgIpc) is 2.30. The van der Waals surface area contributed by atoms with Crippen molar-refractivity contribution in [3.8, 4) is 0 Å². The zero-order valence-electron chi connectivity index (χ0n) is 9.57. The number of amides is 1. The van der Waals surface area contributed by atoms with E-state index >= 15 is 0 Å². The van der Waals surface area contributed by atoms with Gasteiger partial charge in [-0.1, -0.05) is 24.3 Å². The van der Waals surface area contributed by atoms with Crippen molar-refractivity contribution in [1.82, 2.24) is 5.32 Å². The molecule has 2 rings (SSSR count). The van der Waals surface area contributed by atoms with E-state index < -0.39 is 0 Å². The Morgan fingerprint density at radius 2 is 2.19 bits per heavy atom. The first-order chi connectivity index (χ1) is 7.72. The van der Waals surface area contributed by atoms with Crippen LogP contribution in [0.2, 0.25) is 0 Å². The first-order valence-electron chi connectivity index (χ1n) is 5.74. The lowest BCUT2D eigenvalue weighted by Crippen LogP contribution is -2.42. The largest absolute Gasteiger partial charge is 0.355 e. The second kappa shape index (κ2) is 4.66. The quantitative estimate of drug-likeness (QED) is 0.783. The highest BCUT2D eigenvalue weighted by atomic mass is 16.1. The summed E-state index contributed by atoms with van der Waals surface area (Å²) in [6, 6.07) is 8.34. The van der Waals surface area contributed by atoms with Crippen LogP contribution in [0.3, 0.4) is 0 Å². The van der Waals surface area contributed by atoms with Gasteiger partial charge in [-0.2, -0.15) is 0 Å². The normalized spacial score (nSPS) is 25.2. The summed E-state index contributed by atoms with van der Waals surface area (Å²) in [4.78, 5) is 11.3. The summed E-state index contributed by atoms with van der Waals surface area (Å²) in [6.45, 7) is 3.40. The van der Waals surface area contributed by atoms with Gasteiger partial charge >= 0.3 is 0 Å². The third-order valence-electron chi connectivity index (χ3n) is 3.43. The van der Waals surface area contributed by atoms with Gasteiger partial charge in [0.15, 0.2) is 0 Å². The van der Waals surface area contributed by atoms with Crippen LogP contribution in [0.4, 0.5) is 0 Å². The van der Waals surface area contributed by atoms with Gasteiger partial charge in [0.2, 0.25) is 5.91 Å². The predicted molar refractivity (Wildman–Crippen MR) is 64.1 cm³/mol. The molecule has 86 valence electrons. The van der Waals surface area contributed by atoms with Gasteiger partial charge in [0.05, 0.1) is 0 Å². The molecule has 1 aliphatic heterocycles. The van der Waals surface area contributed by atoms with Crippen LogP contribution in [-0.2, 0) is 4.79 Å². The molecule has 2 atom stereocenters. The Kier molecular flexibility index (Phi) is 3.25. The lowest BCUT2D eigenvalue weighted by molar-refractivity contribution is -0.123. The van der Waals surface area contributed by atoms with Crippen molar-refractivity contribution in [3.05, 3.63) is 35.4 Å². The van der Waals surface area contributed by atoms with Crippen LogP contribution in [0.25, 0.3) is 0 Å². The molecule has 1 aromatic carbocycles. The maximum atomic E-state index is 11.3. The van der Waals surface area contributed by atoms with Crippen molar-refractivity contribution in [2.75, 3.05) is 13.1 Å². The molecule has 1 fully saturated rings. The number of carbonyl (C=O) groups is 1. The Bertz CT molecular complexity index is 389. The first kappa shape index (κ1) is 11.1. The van der Waals surface area contributed by atoms with Gasteiger partial charge in [-0.25, -0.2) is 0 Å². The number of nitrogens with two attached hydrogens (primary N) is 1. The van der Waals surface area contributed by atoms with Crippen LogP contribution in [0.5, 0.6) is 0 Å². The van der Waals surface area contributed by atoms with E-state index in [1.807, 2.05) is 12.1 Å². The molecule has 3 heteroatoms. The molecule has 1 saturated heterocycles. The lowest BCUT2D eigenvalue weighted by atomic mass is 9.80. The monoisotopic (exact) mass is 218 g/mol. The number of hydrogen-bond acceptors (Lipinski definition) is 2. The van der Waals surface area contributed by atoms with E-state index in [2.05, 4.69) is 24.4 Å². The van der Waals surface area contributed by atoms with Gasteiger partial charge in [0, 0.05) is 18.9 Å². The van der Waals surface area contributed by atoms with Crippen LogP contribution < -0.4 is 11.1 Å². The summed E-state index contributed by atoms with van der Waals surface area (Å²) in [6.07, 6.45) is 0.551.